The van der Waals surface area contributed by atoms with Crippen LogP contribution in [0.2, 0.25) is 0 Å². The fourth-order valence-electron chi connectivity index (χ4n) is 4.67. The normalized spacial score (nSPS) is 31.8. The van der Waals surface area contributed by atoms with Crippen LogP contribution in [-0.2, 0) is 23.7 Å². The average Bonchev–Trinajstić information content (AvgIpc) is 2.75. The highest BCUT2D eigenvalue weighted by atomic mass is 19.4. The molecule has 1 saturated heterocycles. The summed E-state index contributed by atoms with van der Waals surface area (Å²) < 4.78 is 118. The summed E-state index contributed by atoms with van der Waals surface area (Å²) in [5, 5.41) is 0. The van der Waals surface area contributed by atoms with E-state index in [-0.39, 0.29) is 25.0 Å². The van der Waals surface area contributed by atoms with Crippen LogP contribution in [0.5, 0.6) is 0 Å². The highest BCUT2D eigenvalue weighted by Crippen LogP contribution is 2.42. The number of hydrogen-bond acceptors (Lipinski definition) is 5. The lowest BCUT2D eigenvalue weighted by molar-refractivity contribution is -0.405. The topological polar surface area (TPSA) is 46.2 Å². The molecule has 0 aromatic rings. The molecule has 3 aliphatic rings. The van der Waals surface area contributed by atoms with Crippen molar-refractivity contribution in [2.75, 3.05) is 13.2 Å². The van der Waals surface area contributed by atoms with Crippen LogP contribution in [0, 0.1) is 11.8 Å². The largest absolute Gasteiger partial charge is 0.572 e. The van der Waals surface area contributed by atoms with Crippen molar-refractivity contribution in [1.29, 1.82) is 0 Å². The van der Waals surface area contributed by atoms with Gasteiger partial charge in [0.15, 0.2) is 0 Å². The van der Waals surface area contributed by atoms with E-state index >= 15 is 0 Å². The molecule has 3 rings (SSSR count). The molecular weight excluding hydrogens is 477 g/mol. The molecule has 1 unspecified atom stereocenters. The molecule has 0 radical (unpaired) electrons. The van der Waals surface area contributed by atoms with Gasteiger partial charge in [0, 0.05) is 6.42 Å². The van der Waals surface area contributed by atoms with Gasteiger partial charge in [0.25, 0.3) is 6.29 Å². The third-order valence-corrected chi connectivity index (χ3v) is 6.38. The lowest BCUT2D eigenvalue weighted by atomic mass is 9.79. The van der Waals surface area contributed by atoms with Crippen LogP contribution < -0.4 is 0 Å². The van der Waals surface area contributed by atoms with Crippen LogP contribution in [0.4, 0.5) is 30.7 Å². The van der Waals surface area contributed by atoms with E-state index in [9.17, 15) is 30.7 Å². The first-order chi connectivity index (χ1) is 15.9. The number of allylic oxidation sites excluding steroid dienone is 1. The summed E-state index contributed by atoms with van der Waals surface area (Å²) in [5.74, 6) is -0.848. The molecule has 0 aromatic heterocycles. The van der Waals surface area contributed by atoms with E-state index in [0.717, 1.165) is 18.9 Å². The van der Waals surface area contributed by atoms with Crippen LogP contribution in [0.1, 0.15) is 64.7 Å². The van der Waals surface area contributed by atoms with Gasteiger partial charge in [-0.15, -0.1) is 13.2 Å². The van der Waals surface area contributed by atoms with Crippen molar-refractivity contribution < 1.29 is 54.4 Å². The predicted octanol–water partition coefficient (Wildman–Crippen LogP) is 6.53. The van der Waals surface area contributed by atoms with Gasteiger partial charge in [-0.1, -0.05) is 19.8 Å². The maximum atomic E-state index is 14.6. The number of hydrogen-bond donors (Lipinski definition) is 0. The van der Waals surface area contributed by atoms with Crippen molar-refractivity contribution in [3.63, 3.8) is 0 Å². The van der Waals surface area contributed by atoms with Gasteiger partial charge in [-0.05, 0) is 50.5 Å². The fourth-order valence-corrected chi connectivity index (χ4v) is 4.67. The maximum Gasteiger partial charge on any atom is 0.572 e. The summed E-state index contributed by atoms with van der Waals surface area (Å²) in [6.45, 7) is 1.00. The number of rotatable bonds is 9. The third-order valence-electron chi connectivity index (χ3n) is 6.38. The lowest BCUT2D eigenvalue weighted by Gasteiger charge is -2.38. The molecule has 0 bridgehead atoms. The molecule has 198 valence electrons. The molecule has 0 N–H and O–H groups in total. The first kappa shape index (κ1) is 27.5. The molecule has 34 heavy (non-hydrogen) atoms. The van der Waals surface area contributed by atoms with Gasteiger partial charge < -0.3 is 23.7 Å². The van der Waals surface area contributed by atoms with E-state index in [4.69, 9.17) is 18.9 Å². The highest BCUT2D eigenvalue weighted by molar-refractivity contribution is 5.00. The van der Waals surface area contributed by atoms with Gasteiger partial charge in [0.05, 0.1) is 25.2 Å². The highest BCUT2D eigenvalue weighted by Gasteiger charge is 2.50. The minimum atomic E-state index is -4.85. The summed E-state index contributed by atoms with van der Waals surface area (Å²) >= 11 is 0. The van der Waals surface area contributed by atoms with Gasteiger partial charge in [-0.25, -0.2) is 0 Å². The molecule has 2 fully saturated rings. The molecule has 1 heterocycles. The van der Waals surface area contributed by atoms with Crippen molar-refractivity contribution in [1.82, 2.24) is 0 Å². The molecule has 0 aromatic carbocycles. The van der Waals surface area contributed by atoms with Gasteiger partial charge in [0.2, 0.25) is 0 Å². The second kappa shape index (κ2) is 11.3. The molecule has 2 aliphatic carbocycles. The van der Waals surface area contributed by atoms with Crippen molar-refractivity contribution in [2.45, 2.75) is 102 Å². The Balaban J connectivity index is 1.42. The van der Waals surface area contributed by atoms with E-state index in [0.29, 0.717) is 31.6 Å². The molecular formula is C22H31F7O5. The Labute approximate surface area is 193 Å². The summed E-state index contributed by atoms with van der Waals surface area (Å²) in [6.07, 6.45) is -12.0. The van der Waals surface area contributed by atoms with Gasteiger partial charge in [-0.2, -0.15) is 17.6 Å². The molecule has 1 saturated carbocycles. The minimum Gasteiger partial charge on any atom is -0.411 e. The molecule has 0 spiro atoms. The second-order valence-corrected chi connectivity index (χ2v) is 9.10. The maximum absolute atomic E-state index is 14.6. The predicted molar refractivity (Wildman–Crippen MR) is 105 cm³/mol. The Hall–Kier alpha value is -1.11. The lowest BCUT2D eigenvalue weighted by Crippen LogP contribution is -2.51. The zero-order valence-electron chi connectivity index (χ0n) is 18.9. The van der Waals surface area contributed by atoms with Crippen LogP contribution in [0.25, 0.3) is 0 Å². The van der Waals surface area contributed by atoms with Gasteiger partial charge in [-0.3, -0.25) is 0 Å². The Kier molecular flexibility index (Phi) is 9.13. The third kappa shape index (κ3) is 7.96. The molecule has 1 atom stereocenters. The molecule has 5 nitrogen and oxygen atoms in total. The molecule has 12 heteroatoms. The number of halogens is 7. The molecule has 0 amide bonds. The zero-order chi connectivity index (χ0) is 25.0. The quantitative estimate of drug-likeness (QED) is 0.332. The van der Waals surface area contributed by atoms with Crippen LogP contribution >= 0.6 is 0 Å². The van der Waals surface area contributed by atoms with E-state index in [1.807, 2.05) is 0 Å². The van der Waals surface area contributed by atoms with Crippen molar-refractivity contribution in [3.8, 4) is 0 Å². The Morgan fingerprint density at radius 3 is 2.00 bits per heavy atom. The summed E-state index contributed by atoms with van der Waals surface area (Å²) in [4.78, 5) is 0. The van der Waals surface area contributed by atoms with E-state index in [2.05, 4.69) is 11.7 Å². The summed E-state index contributed by atoms with van der Waals surface area (Å²) in [5.41, 5.74) is 0. The van der Waals surface area contributed by atoms with E-state index < -0.39 is 56.2 Å². The van der Waals surface area contributed by atoms with Crippen LogP contribution in [0.3, 0.4) is 0 Å². The van der Waals surface area contributed by atoms with Gasteiger partial charge >= 0.3 is 18.6 Å². The monoisotopic (exact) mass is 508 g/mol. The molecule has 1 aliphatic heterocycles. The standard InChI is InChI=1S/C22H31F7O5/c1-2-3-14-4-6-15(7-5-14)20(23,24)33-18-12-30-19(31-13-18)21(25,26)32-16-8-10-17(11-9-16)34-22(27,28)29/h10,14-16,18-19H,2-9,11-13H2,1H3. The first-order valence-electron chi connectivity index (χ1n) is 11.7. The minimum absolute atomic E-state index is 0.122. The first-order valence-corrected chi connectivity index (χ1v) is 11.7. The van der Waals surface area contributed by atoms with Crippen molar-refractivity contribution in [2.24, 2.45) is 11.8 Å². The summed E-state index contributed by atoms with van der Waals surface area (Å²) in [6, 6.07) is 0. The van der Waals surface area contributed by atoms with Gasteiger partial charge in [0.1, 0.15) is 11.9 Å². The Morgan fingerprint density at radius 1 is 0.853 bits per heavy atom. The van der Waals surface area contributed by atoms with E-state index in [1.165, 1.54) is 0 Å². The smallest absolute Gasteiger partial charge is 0.411 e. The van der Waals surface area contributed by atoms with Crippen LogP contribution in [-0.4, -0.2) is 50.3 Å². The van der Waals surface area contributed by atoms with Crippen LogP contribution in [0.15, 0.2) is 11.8 Å². The van der Waals surface area contributed by atoms with E-state index in [1.54, 1.807) is 0 Å². The number of ether oxygens (including phenoxy) is 5. The SMILES string of the molecule is CCCC1CCC(C(F)(F)OC2COC(C(F)(F)OC3CC=C(OC(F)(F)F)CC3)OC2)CC1. The second-order valence-electron chi connectivity index (χ2n) is 9.10. The van der Waals surface area contributed by atoms with Crippen molar-refractivity contribution in [3.05, 3.63) is 11.8 Å². The van der Waals surface area contributed by atoms with Crippen molar-refractivity contribution >= 4 is 0 Å². The Bertz CT molecular complexity index is 669. The number of alkyl halides is 7. The average molecular weight is 508 g/mol. The fraction of sp³-hybridized carbons (Fsp3) is 0.909. The summed E-state index contributed by atoms with van der Waals surface area (Å²) in [7, 11) is 0. The zero-order valence-corrected chi connectivity index (χ0v) is 18.9. The Morgan fingerprint density at radius 2 is 1.47 bits per heavy atom.